The monoisotopic (exact) mass is 383 g/mol. The average molecular weight is 384 g/mol. The number of rotatable bonds is 5. The number of hydrogen-bond acceptors (Lipinski definition) is 4. The molecule has 5 nitrogen and oxygen atoms in total. The number of nitrogens with zero attached hydrogens (tertiary/aromatic N) is 1. The minimum absolute atomic E-state index is 0.272. The summed E-state index contributed by atoms with van der Waals surface area (Å²) in [6, 6.07) is 14.6. The van der Waals surface area contributed by atoms with E-state index in [0.717, 1.165) is 42.6 Å². The summed E-state index contributed by atoms with van der Waals surface area (Å²) in [5.41, 5.74) is 2.30. The molecule has 0 saturated carbocycles. The van der Waals surface area contributed by atoms with Gasteiger partial charge in [-0.3, -0.25) is 9.69 Å². The Balaban J connectivity index is 1.69. The van der Waals surface area contributed by atoms with Gasteiger partial charge in [0.05, 0.1) is 6.04 Å². The fourth-order valence-corrected chi connectivity index (χ4v) is 3.92. The highest BCUT2D eigenvalue weighted by Crippen LogP contribution is 2.30. The van der Waals surface area contributed by atoms with Crippen LogP contribution in [0, 0.1) is 0 Å². The van der Waals surface area contributed by atoms with Crippen LogP contribution in [0.25, 0.3) is 10.9 Å². The van der Waals surface area contributed by atoms with Crippen LogP contribution in [0.15, 0.2) is 54.7 Å². The fraction of sp³-hybridized carbons (Fsp3) is 0.286. The number of carbonyl (C=O) groups excluding carboxylic acids is 1. The van der Waals surface area contributed by atoms with Gasteiger partial charge in [0.2, 0.25) is 0 Å². The number of ketones is 1. The van der Waals surface area contributed by atoms with Gasteiger partial charge < -0.3 is 15.4 Å². The first-order valence-electron chi connectivity index (χ1n) is 9.14. The second-order valence-corrected chi connectivity index (χ2v) is 7.28. The average Bonchev–Trinajstić information content (AvgIpc) is 3.14. The molecule has 1 aromatic heterocycles. The van der Waals surface area contributed by atoms with E-state index in [1.165, 1.54) is 0 Å². The van der Waals surface area contributed by atoms with Gasteiger partial charge in [-0.05, 0) is 23.8 Å². The predicted octanol–water partition coefficient (Wildman–Crippen LogP) is 3.01. The number of fused-ring (bicyclic) bond motifs is 1. The predicted molar refractivity (Wildman–Crippen MR) is 107 cm³/mol. The van der Waals surface area contributed by atoms with Crippen molar-refractivity contribution in [3.05, 3.63) is 70.9 Å². The first-order chi connectivity index (χ1) is 13.1. The van der Waals surface area contributed by atoms with Crippen LogP contribution in [0.4, 0.5) is 0 Å². The quantitative estimate of drug-likeness (QED) is 0.592. The van der Waals surface area contributed by atoms with E-state index >= 15 is 0 Å². The molecule has 0 amide bonds. The Labute approximate surface area is 162 Å². The molecule has 1 fully saturated rings. The summed E-state index contributed by atoms with van der Waals surface area (Å²) >= 11 is 6.03. The number of aromatic nitrogens is 1. The van der Waals surface area contributed by atoms with E-state index in [9.17, 15) is 9.90 Å². The molecule has 2 atom stereocenters. The van der Waals surface area contributed by atoms with Gasteiger partial charge in [-0.1, -0.05) is 41.9 Å². The molecule has 2 aromatic carbocycles. The van der Waals surface area contributed by atoms with Crippen molar-refractivity contribution >= 4 is 28.3 Å². The van der Waals surface area contributed by atoms with Crippen LogP contribution in [-0.2, 0) is 0 Å². The topological polar surface area (TPSA) is 68.4 Å². The van der Waals surface area contributed by atoms with Gasteiger partial charge in [0.15, 0.2) is 5.78 Å². The lowest BCUT2D eigenvalue weighted by atomic mass is 9.93. The molecule has 1 aliphatic rings. The number of halogens is 1. The van der Waals surface area contributed by atoms with Gasteiger partial charge in [0.25, 0.3) is 0 Å². The number of benzene rings is 2. The summed E-state index contributed by atoms with van der Waals surface area (Å²) in [4.78, 5) is 18.5. The molecule has 1 saturated heterocycles. The first kappa shape index (κ1) is 18.2. The highest BCUT2D eigenvalue weighted by Gasteiger charge is 2.34. The lowest BCUT2D eigenvalue weighted by Gasteiger charge is -2.37. The maximum absolute atomic E-state index is 13.2. The molecular formula is C21H22ClN3O2. The molecule has 0 aliphatic carbocycles. The molecule has 1 aliphatic heterocycles. The number of para-hydroxylation sites is 1. The molecule has 27 heavy (non-hydrogen) atoms. The lowest BCUT2D eigenvalue weighted by molar-refractivity contribution is 0.0346. The van der Waals surface area contributed by atoms with Crippen LogP contribution < -0.4 is 5.32 Å². The van der Waals surface area contributed by atoms with Crippen LogP contribution in [-0.4, -0.2) is 53.1 Å². The Bertz CT molecular complexity index is 932. The summed E-state index contributed by atoms with van der Waals surface area (Å²) in [6.07, 6.45) is 0.524. The molecule has 6 heteroatoms. The smallest absolute Gasteiger partial charge is 0.195 e. The molecule has 2 heterocycles. The Morgan fingerprint density at radius 3 is 2.52 bits per heavy atom. The molecule has 3 aromatic rings. The van der Waals surface area contributed by atoms with Crippen LogP contribution in [0.5, 0.6) is 0 Å². The van der Waals surface area contributed by atoms with Crippen LogP contribution >= 0.6 is 11.6 Å². The molecule has 4 rings (SSSR count). The van der Waals surface area contributed by atoms with Crippen molar-refractivity contribution in [2.24, 2.45) is 0 Å². The highest BCUT2D eigenvalue weighted by atomic mass is 35.5. The van der Waals surface area contributed by atoms with Crippen LogP contribution in [0.1, 0.15) is 22.0 Å². The molecule has 0 radical (unpaired) electrons. The second kappa shape index (κ2) is 7.82. The van der Waals surface area contributed by atoms with Crippen molar-refractivity contribution in [1.29, 1.82) is 0 Å². The normalized spacial score (nSPS) is 17.7. The van der Waals surface area contributed by atoms with E-state index in [2.05, 4.69) is 15.2 Å². The van der Waals surface area contributed by atoms with Crippen LogP contribution in [0.3, 0.4) is 0 Å². The molecular weight excluding hydrogens is 362 g/mol. The number of Topliss-reactive ketones (excluding diaryl/α,β-unsaturated/α-hetero) is 1. The van der Waals surface area contributed by atoms with E-state index in [4.69, 9.17) is 11.6 Å². The number of hydrogen-bond donors (Lipinski definition) is 3. The standard InChI is InChI=1S/C21H22ClN3O2/c22-15-7-5-14(6-8-15)19(25-11-9-23-10-12-25)21(27)20(26)17-13-24-18-4-2-1-3-16(17)18/h1-8,13,19,21,23-24,27H,9-12H2/t19-,21+/m0/s1. The van der Waals surface area contributed by atoms with E-state index in [-0.39, 0.29) is 5.78 Å². The number of aliphatic hydroxyl groups excluding tert-OH is 1. The van der Waals surface area contributed by atoms with E-state index in [0.29, 0.717) is 10.6 Å². The third-order valence-corrected chi connectivity index (χ3v) is 5.43. The van der Waals surface area contributed by atoms with Gasteiger partial charge in [-0.15, -0.1) is 0 Å². The number of aromatic amines is 1. The minimum Gasteiger partial charge on any atom is -0.383 e. The maximum atomic E-state index is 13.2. The zero-order valence-electron chi connectivity index (χ0n) is 14.9. The molecule has 140 valence electrons. The molecule has 0 spiro atoms. The maximum Gasteiger partial charge on any atom is 0.195 e. The third kappa shape index (κ3) is 3.64. The van der Waals surface area contributed by atoms with Crippen molar-refractivity contribution in [1.82, 2.24) is 15.2 Å². The summed E-state index contributed by atoms with van der Waals surface area (Å²) in [7, 11) is 0. The van der Waals surface area contributed by atoms with Crippen LogP contribution in [0.2, 0.25) is 5.02 Å². The number of H-pyrrole nitrogens is 1. The first-order valence-corrected chi connectivity index (χ1v) is 9.51. The van der Waals surface area contributed by atoms with Gasteiger partial charge in [-0.25, -0.2) is 0 Å². The van der Waals surface area contributed by atoms with Gasteiger partial charge in [0.1, 0.15) is 6.10 Å². The molecule has 0 unspecified atom stereocenters. The van der Waals surface area contributed by atoms with Gasteiger partial charge in [0, 0.05) is 53.9 Å². The zero-order valence-corrected chi connectivity index (χ0v) is 15.6. The van der Waals surface area contributed by atoms with E-state index in [1.807, 2.05) is 36.4 Å². The Morgan fingerprint density at radius 1 is 1.07 bits per heavy atom. The highest BCUT2D eigenvalue weighted by molar-refractivity contribution is 6.30. The summed E-state index contributed by atoms with van der Waals surface area (Å²) in [5.74, 6) is -0.272. The van der Waals surface area contributed by atoms with Crippen molar-refractivity contribution in [3.8, 4) is 0 Å². The Kier molecular flexibility index (Phi) is 5.27. The van der Waals surface area contributed by atoms with Crippen molar-refractivity contribution in [3.63, 3.8) is 0 Å². The second-order valence-electron chi connectivity index (χ2n) is 6.84. The lowest BCUT2D eigenvalue weighted by Crippen LogP contribution is -2.49. The van der Waals surface area contributed by atoms with E-state index in [1.54, 1.807) is 18.3 Å². The van der Waals surface area contributed by atoms with Gasteiger partial charge in [-0.2, -0.15) is 0 Å². The number of nitrogens with one attached hydrogen (secondary N) is 2. The van der Waals surface area contributed by atoms with E-state index < -0.39 is 12.1 Å². The zero-order chi connectivity index (χ0) is 18.8. The largest absolute Gasteiger partial charge is 0.383 e. The van der Waals surface area contributed by atoms with Crippen molar-refractivity contribution in [2.45, 2.75) is 12.1 Å². The van der Waals surface area contributed by atoms with Gasteiger partial charge >= 0.3 is 0 Å². The Morgan fingerprint density at radius 2 is 1.78 bits per heavy atom. The molecule has 3 N–H and O–H groups in total. The molecule has 0 bridgehead atoms. The summed E-state index contributed by atoms with van der Waals surface area (Å²) in [5, 5.41) is 15.9. The SMILES string of the molecule is O=C(c1c[nH]c2ccccc12)[C@H](O)[C@H](c1ccc(Cl)cc1)N1CCNCC1. The third-order valence-electron chi connectivity index (χ3n) is 5.18. The number of piperazine rings is 1. The Hall–Kier alpha value is -2.18. The minimum atomic E-state index is -1.16. The number of aliphatic hydroxyl groups is 1. The van der Waals surface area contributed by atoms with Crippen molar-refractivity contribution in [2.75, 3.05) is 26.2 Å². The number of carbonyl (C=O) groups is 1. The van der Waals surface area contributed by atoms with Crippen molar-refractivity contribution < 1.29 is 9.90 Å². The summed E-state index contributed by atoms with van der Waals surface area (Å²) < 4.78 is 0. The summed E-state index contributed by atoms with van der Waals surface area (Å²) in [6.45, 7) is 3.20. The fourth-order valence-electron chi connectivity index (χ4n) is 3.79.